The van der Waals surface area contributed by atoms with E-state index < -0.39 is 0 Å². The molecule has 0 fully saturated rings. The van der Waals surface area contributed by atoms with Crippen LogP contribution in [0.25, 0.3) is 0 Å². The third-order valence-electron chi connectivity index (χ3n) is 3.48. The molecule has 24 heavy (non-hydrogen) atoms. The Morgan fingerprint density at radius 1 is 1.42 bits per heavy atom. The van der Waals surface area contributed by atoms with Crippen molar-refractivity contribution in [2.75, 3.05) is 20.1 Å². The third-order valence-corrected chi connectivity index (χ3v) is 4.61. The van der Waals surface area contributed by atoms with Crippen LogP contribution in [-0.2, 0) is 20.0 Å². The van der Waals surface area contributed by atoms with Crippen LogP contribution in [0.15, 0.2) is 11.3 Å². The SMILES string of the molecule is CCNC(=NCCc1sc(C)nc1C)N(C)Cc1ncnn1C.I. The van der Waals surface area contributed by atoms with Gasteiger partial charge in [-0.3, -0.25) is 9.67 Å². The largest absolute Gasteiger partial charge is 0.357 e. The lowest BCUT2D eigenvalue weighted by atomic mass is 10.3. The van der Waals surface area contributed by atoms with E-state index in [0.717, 1.165) is 42.0 Å². The fraction of sp³-hybridized carbons (Fsp3) is 0.600. The molecule has 0 aliphatic carbocycles. The summed E-state index contributed by atoms with van der Waals surface area (Å²) in [7, 11) is 3.91. The number of hydrogen-bond acceptors (Lipinski definition) is 5. The summed E-state index contributed by atoms with van der Waals surface area (Å²) in [5.41, 5.74) is 1.13. The summed E-state index contributed by atoms with van der Waals surface area (Å²) < 4.78 is 1.78. The summed E-state index contributed by atoms with van der Waals surface area (Å²) in [6, 6.07) is 0. The zero-order chi connectivity index (χ0) is 16.8. The topological polar surface area (TPSA) is 71.2 Å². The first-order valence-corrected chi connectivity index (χ1v) is 8.58. The van der Waals surface area contributed by atoms with Crippen molar-refractivity contribution in [1.82, 2.24) is 30.0 Å². The molecular weight excluding hydrogens is 437 g/mol. The van der Waals surface area contributed by atoms with Gasteiger partial charge in [-0.2, -0.15) is 5.10 Å². The predicted molar refractivity (Wildman–Crippen MR) is 109 cm³/mol. The van der Waals surface area contributed by atoms with Gasteiger partial charge in [-0.25, -0.2) is 9.97 Å². The lowest BCUT2D eigenvalue weighted by Crippen LogP contribution is -2.39. The van der Waals surface area contributed by atoms with Crippen LogP contribution in [0.3, 0.4) is 0 Å². The Morgan fingerprint density at radius 3 is 2.71 bits per heavy atom. The van der Waals surface area contributed by atoms with Gasteiger partial charge in [0, 0.05) is 38.5 Å². The molecular formula is C15H26IN7S. The van der Waals surface area contributed by atoms with Crippen molar-refractivity contribution < 1.29 is 0 Å². The first-order valence-electron chi connectivity index (χ1n) is 7.76. The first-order chi connectivity index (χ1) is 11.0. The summed E-state index contributed by atoms with van der Waals surface area (Å²) >= 11 is 1.76. The fourth-order valence-electron chi connectivity index (χ4n) is 2.29. The highest BCUT2D eigenvalue weighted by atomic mass is 127. The number of guanidine groups is 1. The molecule has 2 heterocycles. The van der Waals surface area contributed by atoms with E-state index in [0.29, 0.717) is 6.54 Å². The fourth-order valence-corrected chi connectivity index (χ4v) is 3.21. The molecule has 0 saturated heterocycles. The molecule has 9 heteroatoms. The smallest absolute Gasteiger partial charge is 0.194 e. The Kier molecular flexibility index (Phi) is 8.60. The van der Waals surface area contributed by atoms with E-state index in [1.54, 1.807) is 22.3 Å². The van der Waals surface area contributed by atoms with Crippen LogP contribution >= 0.6 is 35.3 Å². The highest BCUT2D eigenvalue weighted by molar-refractivity contribution is 14.0. The number of hydrogen-bond donors (Lipinski definition) is 1. The molecule has 0 bridgehead atoms. The highest BCUT2D eigenvalue weighted by Crippen LogP contribution is 2.17. The molecule has 2 aromatic rings. The van der Waals surface area contributed by atoms with Crippen molar-refractivity contribution >= 4 is 41.3 Å². The van der Waals surface area contributed by atoms with Gasteiger partial charge < -0.3 is 10.2 Å². The van der Waals surface area contributed by atoms with E-state index in [2.05, 4.69) is 39.1 Å². The van der Waals surface area contributed by atoms with Gasteiger partial charge in [0.2, 0.25) is 0 Å². The Labute approximate surface area is 164 Å². The van der Waals surface area contributed by atoms with Crippen LogP contribution in [0.2, 0.25) is 0 Å². The Balaban J connectivity index is 0.00000288. The molecule has 0 unspecified atom stereocenters. The molecule has 2 rings (SSSR count). The van der Waals surface area contributed by atoms with Gasteiger partial charge in [0.15, 0.2) is 5.96 Å². The highest BCUT2D eigenvalue weighted by Gasteiger charge is 2.10. The van der Waals surface area contributed by atoms with Crippen LogP contribution in [0.4, 0.5) is 0 Å². The van der Waals surface area contributed by atoms with E-state index in [1.165, 1.54) is 4.88 Å². The predicted octanol–water partition coefficient (Wildman–Crippen LogP) is 2.15. The number of aromatic nitrogens is 4. The number of rotatable bonds is 6. The molecule has 0 radical (unpaired) electrons. The number of aryl methyl sites for hydroxylation is 3. The van der Waals surface area contributed by atoms with Gasteiger partial charge in [0.1, 0.15) is 12.2 Å². The molecule has 0 saturated carbocycles. The maximum absolute atomic E-state index is 4.72. The lowest BCUT2D eigenvalue weighted by molar-refractivity contribution is 0.449. The maximum atomic E-state index is 4.72. The van der Waals surface area contributed by atoms with Crippen molar-refractivity contribution in [2.24, 2.45) is 12.0 Å². The van der Waals surface area contributed by atoms with Crippen LogP contribution in [0, 0.1) is 13.8 Å². The van der Waals surface area contributed by atoms with Crippen LogP contribution in [-0.4, -0.2) is 50.7 Å². The molecule has 0 spiro atoms. The molecule has 1 N–H and O–H groups in total. The maximum Gasteiger partial charge on any atom is 0.194 e. The van der Waals surface area contributed by atoms with Crippen LogP contribution in [0.1, 0.15) is 28.3 Å². The van der Waals surface area contributed by atoms with Gasteiger partial charge >= 0.3 is 0 Å². The lowest BCUT2D eigenvalue weighted by Gasteiger charge is -2.21. The average Bonchev–Trinajstić information content (AvgIpc) is 3.04. The number of nitrogens with zero attached hydrogens (tertiary/aromatic N) is 6. The van der Waals surface area contributed by atoms with E-state index in [9.17, 15) is 0 Å². The molecule has 0 atom stereocenters. The van der Waals surface area contributed by atoms with Crippen LogP contribution in [0.5, 0.6) is 0 Å². The zero-order valence-electron chi connectivity index (χ0n) is 14.9. The van der Waals surface area contributed by atoms with Crippen molar-refractivity contribution in [3.05, 3.63) is 27.7 Å². The molecule has 0 aliphatic rings. The first kappa shape index (κ1) is 20.8. The second-order valence-electron chi connectivity index (χ2n) is 5.38. The monoisotopic (exact) mass is 463 g/mol. The Bertz CT molecular complexity index is 665. The molecule has 0 aliphatic heterocycles. The van der Waals surface area contributed by atoms with E-state index in [4.69, 9.17) is 4.99 Å². The second-order valence-corrected chi connectivity index (χ2v) is 6.67. The number of thiazole rings is 1. The van der Waals surface area contributed by atoms with Gasteiger partial charge in [0.25, 0.3) is 0 Å². The van der Waals surface area contributed by atoms with Crippen molar-refractivity contribution in [2.45, 2.75) is 33.7 Å². The normalized spacial score (nSPS) is 11.3. The Hall–Kier alpha value is -1.23. The number of nitrogens with one attached hydrogen (secondary N) is 1. The minimum atomic E-state index is 0. The summed E-state index contributed by atoms with van der Waals surface area (Å²) in [5, 5.41) is 8.55. The summed E-state index contributed by atoms with van der Waals surface area (Å²) in [6.45, 7) is 8.43. The molecule has 0 aromatic carbocycles. The summed E-state index contributed by atoms with van der Waals surface area (Å²) in [6.07, 6.45) is 2.49. The zero-order valence-corrected chi connectivity index (χ0v) is 18.1. The minimum absolute atomic E-state index is 0. The van der Waals surface area contributed by atoms with Crippen molar-refractivity contribution in [3.63, 3.8) is 0 Å². The molecule has 0 amide bonds. The van der Waals surface area contributed by atoms with Crippen molar-refractivity contribution in [3.8, 4) is 0 Å². The summed E-state index contributed by atoms with van der Waals surface area (Å²) in [4.78, 5) is 16.8. The van der Waals surface area contributed by atoms with E-state index in [-0.39, 0.29) is 24.0 Å². The average molecular weight is 463 g/mol. The third kappa shape index (κ3) is 5.69. The van der Waals surface area contributed by atoms with Gasteiger partial charge in [-0.1, -0.05) is 0 Å². The van der Waals surface area contributed by atoms with E-state index >= 15 is 0 Å². The van der Waals surface area contributed by atoms with Crippen LogP contribution < -0.4 is 5.32 Å². The van der Waals surface area contributed by atoms with Gasteiger partial charge in [-0.05, 0) is 20.8 Å². The number of aliphatic imine (C=N–C) groups is 1. The van der Waals surface area contributed by atoms with Gasteiger partial charge in [0.05, 0.1) is 17.2 Å². The van der Waals surface area contributed by atoms with E-state index in [1.807, 2.05) is 21.0 Å². The molecule has 2 aromatic heterocycles. The standard InChI is InChI=1S/C15H25N7S.HI/c1-6-16-15(21(4)9-14-18-10-19-22(14)5)17-8-7-13-11(2)20-12(3)23-13;/h10H,6-9H2,1-5H3,(H,16,17);1H. The van der Waals surface area contributed by atoms with Crippen molar-refractivity contribution in [1.29, 1.82) is 0 Å². The molecule has 134 valence electrons. The Morgan fingerprint density at radius 2 is 2.17 bits per heavy atom. The van der Waals surface area contributed by atoms with Gasteiger partial charge in [-0.15, -0.1) is 35.3 Å². The second kappa shape index (κ2) is 9.92. The number of halogens is 1. The minimum Gasteiger partial charge on any atom is -0.357 e. The molecule has 7 nitrogen and oxygen atoms in total. The quantitative estimate of drug-likeness (QED) is 0.404. The summed E-state index contributed by atoms with van der Waals surface area (Å²) in [5.74, 6) is 1.79.